The van der Waals surface area contributed by atoms with Gasteiger partial charge in [0.15, 0.2) is 0 Å². The maximum atomic E-state index is 5.82. The fourth-order valence-electron chi connectivity index (χ4n) is 2.04. The first-order chi connectivity index (χ1) is 8.67. The molecule has 0 aliphatic rings. The Labute approximate surface area is 108 Å². The van der Waals surface area contributed by atoms with E-state index < -0.39 is 0 Å². The Hall–Kier alpha value is -1.90. The summed E-state index contributed by atoms with van der Waals surface area (Å²) in [6.45, 7) is 4.23. The molecule has 0 amide bonds. The predicted octanol–water partition coefficient (Wildman–Crippen LogP) is 2.91. The van der Waals surface area contributed by atoms with Crippen LogP contribution in [0, 0.1) is 6.92 Å². The zero-order valence-electron chi connectivity index (χ0n) is 11.0. The Morgan fingerprint density at radius 2 is 2.00 bits per heavy atom. The lowest BCUT2D eigenvalue weighted by Gasteiger charge is -2.06. The summed E-state index contributed by atoms with van der Waals surface area (Å²) in [6.07, 6.45) is 2.76. The summed E-state index contributed by atoms with van der Waals surface area (Å²) in [7, 11) is 0. The molecule has 0 spiro atoms. The van der Waals surface area contributed by atoms with E-state index in [-0.39, 0.29) is 0 Å². The first-order valence-electron chi connectivity index (χ1n) is 6.35. The summed E-state index contributed by atoms with van der Waals surface area (Å²) >= 11 is 0. The normalized spacial score (nSPS) is 10.6. The summed E-state index contributed by atoms with van der Waals surface area (Å²) in [5.41, 5.74) is 9.34. The Morgan fingerprint density at radius 1 is 1.17 bits per heavy atom. The van der Waals surface area contributed by atoms with E-state index in [1.807, 2.05) is 6.07 Å². The number of nitrogens with two attached hydrogens (primary N) is 1. The second-order valence-electron chi connectivity index (χ2n) is 4.62. The number of anilines is 1. The van der Waals surface area contributed by atoms with Crippen molar-refractivity contribution >= 4 is 5.82 Å². The van der Waals surface area contributed by atoms with Crippen molar-refractivity contribution in [2.75, 3.05) is 5.73 Å². The standard InChI is InChI=1S/C15H19N3/c1-3-5-13-10-14(16)18-15(17-13)9-12-7-4-6-11(2)8-12/h4,6-8,10H,3,5,9H2,1-2H3,(H2,16,17,18). The number of nitrogen functional groups attached to an aromatic ring is 1. The number of rotatable bonds is 4. The van der Waals surface area contributed by atoms with E-state index in [4.69, 9.17) is 5.73 Å². The molecule has 0 unspecified atom stereocenters. The van der Waals surface area contributed by atoms with E-state index in [0.29, 0.717) is 5.82 Å². The molecular weight excluding hydrogens is 222 g/mol. The molecule has 0 saturated carbocycles. The second kappa shape index (κ2) is 5.63. The molecule has 0 bridgehead atoms. The van der Waals surface area contributed by atoms with Gasteiger partial charge in [0.05, 0.1) is 0 Å². The molecule has 0 radical (unpaired) electrons. The third kappa shape index (κ3) is 3.29. The third-order valence-corrected chi connectivity index (χ3v) is 2.80. The third-order valence-electron chi connectivity index (χ3n) is 2.80. The van der Waals surface area contributed by atoms with E-state index in [1.165, 1.54) is 11.1 Å². The van der Waals surface area contributed by atoms with Crippen molar-refractivity contribution in [2.24, 2.45) is 0 Å². The fourth-order valence-corrected chi connectivity index (χ4v) is 2.04. The molecule has 0 aliphatic carbocycles. The number of nitrogens with zero attached hydrogens (tertiary/aromatic N) is 2. The van der Waals surface area contributed by atoms with Crippen molar-refractivity contribution in [3.05, 3.63) is 53.0 Å². The average Bonchev–Trinajstić information content (AvgIpc) is 2.28. The molecule has 0 aliphatic heterocycles. The second-order valence-corrected chi connectivity index (χ2v) is 4.62. The van der Waals surface area contributed by atoms with Crippen LogP contribution >= 0.6 is 0 Å². The van der Waals surface area contributed by atoms with Crippen molar-refractivity contribution < 1.29 is 0 Å². The Kier molecular flexibility index (Phi) is 3.92. The zero-order chi connectivity index (χ0) is 13.0. The molecule has 18 heavy (non-hydrogen) atoms. The Morgan fingerprint density at radius 3 is 2.72 bits per heavy atom. The first kappa shape index (κ1) is 12.6. The molecular formula is C15H19N3. The lowest BCUT2D eigenvalue weighted by Crippen LogP contribution is -2.04. The Bertz CT molecular complexity index is 535. The van der Waals surface area contributed by atoms with Crippen molar-refractivity contribution in [3.63, 3.8) is 0 Å². The van der Waals surface area contributed by atoms with E-state index in [2.05, 4.69) is 48.1 Å². The lowest BCUT2D eigenvalue weighted by atomic mass is 10.1. The van der Waals surface area contributed by atoms with Crippen LogP contribution in [0.2, 0.25) is 0 Å². The minimum Gasteiger partial charge on any atom is -0.384 e. The molecule has 0 fully saturated rings. The van der Waals surface area contributed by atoms with Gasteiger partial charge < -0.3 is 5.73 Å². The number of hydrogen-bond donors (Lipinski definition) is 1. The van der Waals surface area contributed by atoms with Gasteiger partial charge in [-0.15, -0.1) is 0 Å². The number of aromatic nitrogens is 2. The van der Waals surface area contributed by atoms with Crippen LogP contribution in [-0.4, -0.2) is 9.97 Å². The monoisotopic (exact) mass is 241 g/mol. The highest BCUT2D eigenvalue weighted by Gasteiger charge is 2.04. The zero-order valence-corrected chi connectivity index (χ0v) is 11.0. The molecule has 94 valence electrons. The Balaban J connectivity index is 2.23. The molecule has 1 aromatic carbocycles. The molecule has 3 heteroatoms. The van der Waals surface area contributed by atoms with Gasteiger partial charge in [-0.25, -0.2) is 9.97 Å². The lowest BCUT2D eigenvalue weighted by molar-refractivity contribution is 0.844. The molecule has 0 atom stereocenters. The maximum Gasteiger partial charge on any atom is 0.135 e. The van der Waals surface area contributed by atoms with Gasteiger partial charge in [-0.3, -0.25) is 0 Å². The molecule has 2 rings (SSSR count). The van der Waals surface area contributed by atoms with E-state index in [0.717, 1.165) is 30.8 Å². The van der Waals surface area contributed by atoms with E-state index in [1.54, 1.807) is 0 Å². The minimum absolute atomic E-state index is 0.566. The van der Waals surface area contributed by atoms with Gasteiger partial charge in [0.25, 0.3) is 0 Å². The molecule has 2 aromatic rings. The van der Waals surface area contributed by atoms with Crippen molar-refractivity contribution in [3.8, 4) is 0 Å². The van der Waals surface area contributed by atoms with Gasteiger partial charge in [0.1, 0.15) is 11.6 Å². The molecule has 2 N–H and O–H groups in total. The van der Waals surface area contributed by atoms with Gasteiger partial charge in [0.2, 0.25) is 0 Å². The van der Waals surface area contributed by atoms with Crippen molar-refractivity contribution in [1.29, 1.82) is 0 Å². The van der Waals surface area contributed by atoms with E-state index in [9.17, 15) is 0 Å². The molecule has 1 heterocycles. The van der Waals surface area contributed by atoms with Crippen LogP contribution in [0.4, 0.5) is 5.82 Å². The van der Waals surface area contributed by atoms with Gasteiger partial charge >= 0.3 is 0 Å². The summed E-state index contributed by atoms with van der Waals surface area (Å²) in [5, 5.41) is 0. The highest BCUT2D eigenvalue weighted by molar-refractivity contribution is 5.32. The fraction of sp³-hybridized carbons (Fsp3) is 0.333. The highest BCUT2D eigenvalue weighted by Crippen LogP contribution is 2.11. The summed E-state index contributed by atoms with van der Waals surface area (Å²) < 4.78 is 0. The van der Waals surface area contributed by atoms with Crippen LogP contribution < -0.4 is 5.73 Å². The highest BCUT2D eigenvalue weighted by atomic mass is 14.9. The number of benzene rings is 1. The molecule has 3 nitrogen and oxygen atoms in total. The van der Waals surface area contributed by atoms with Crippen LogP contribution in [0.25, 0.3) is 0 Å². The van der Waals surface area contributed by atoms with Crippen molar-refractivity contribution in [1.82, 2.24) is 9.97 Å². The van der Waals surface area contributed by atoms with Gasteiger partial charge in [0, 0.05) is 18.2 Å². The first-order valence-corrected chi connectivity index (χ1v) is 6.35. The van der Waals surface area contributed by atoms with Crippen molar-refractivity contribution in [2.45, 2.75) is 33.1 Å². The average molecular weight is 241 g/mol. The predicted molar refractivity (Wildman–Crippen MR) is 74.4 cm³/mol. The van der Waals surface area contributed by atoms with Crippen LogP contribution in [0.3, 0.4) is 0 Å². The van der Waals surface area contributed by atoms with Gasteiger partial charge in [-0.2, -0.15) is 0 Å². The molecule has 0 saturated heterocycles. The maximum absolute atomic E-state index is 5.82. The van der Waals surface area contributed by atoms with Gasteiger partial charge in [-0.1, -0.05) is 43.2 Å². The van der Waals surface area contributed by atoms with Crippen LogP contribution in [0.15, 0.2) is 30.3 Å². The topological polar surface area (TPSA) is 51.8 Å². The molecule has 1 aromatic heterocycles. The quantitative estimate of drug-likeness (QED) is 0.895. The SMILES string of the molecule is CCCc1cc(N)nc(Cc2cccc(C)c2)n1. The summed E-state index contributed by atoms with van der Waals surface area (Å²) in [6, 6.07) is 10.3. The smallest absolute Gasteiger partial charge is 0.135 e. The number of aryl methyl sites for hydroxylation is 2. The van der Waals surface area contributed by atoms with Crippen LogP contribution in [0.1, 0.15) is 36.0 Å². The number of hydrogen-bond acceptors (Lipinski definition) is 3. The minimum atomic E-state index is 0.566. The summed E-state index contributed by atoms with van der Waals surface area (Å²) in [4.78, 5) is 8.86. The summed E-state index contributed by atoms with van der Waals surface area (Å²) in [5.74, 6) is 1.38. The van der Waals surface area contributed by atoms with Crippen LogP contribution in [-0.2, 0) is 12.8 Å². The largest absolute Gasteiger partial charge is 0.384 e. The van der Waals surface area contributed by atoms with Crippen LogP contribution in [0.5, 0.6) is 0 Å². The van der Waals surface area contributed by atoms with E-state index >= 15 is 0 Å². The van der Waals surface area contributed by atoms with Gasteiger partial charge in [-0.05, 0) is 18.9 Å².